The zero-order valence-electron chi connectivity index (χ0n) is 16.7. The molecule has 3 aromatic carbocycles. The molecule has 1 heterocycles. The molecular weight excluding hydrogens is 360 g/mol. The SMILES string of the molecule is COc1ccc(-c2[nH]c3ccccc3c2CCC(=O)Nc2ccccc2C)cc1. The summed E-state index contributed by atoms with van der Waals surface area (Å²) in [4.78, 5) is 16.1. The van der Waals surface area contributed by atoms with E-state index in [1.165, 1.54) is 0 Å². The molecule has 0 aliphatic rings. The van der Waals surface area contributed by atoms with E-state index in [0.29, 0.717) is 12.8 Å². The van der Waals surface area contributed by atoms with Crippen LogP contribution in [-0.4, -0.2) is 18.0 Å². The standard InChI is InChI=1S/C25H24N2O2/c1-17-7-3-5-9-22(17)26-24(28)16-15-21-20-8-4-6-10-23(20)27-25(21)18-11-13-19(29-2)14-12-18/h3-14,27H,15-16H2,1-2H3,(H,26,28). The predicted octanol–water partition coefficient (Wildman–Crippen LogP) is 5.72. The van der Waals surface area contributed by atoms with Crippen LogP contribution in [0.25, 0.3) is 22.2 Å². The average molecular weight is 384 g/mol. The molecule has 0 atom stereocenters. The molecule has 29 heavy (non-hydrogen) atoms. The fraction of sp³-hybridized carbons (Fsp3) is 0.160. The molecule has 0 aliphatic heterocycles. The monoisotopic (exact) mass is 384 g/mol. The highest BCUT2D eigenvalue weighted by Gasteiger charge is 2.15. The summed E-state index contributed by atoms with van der Waals surface area (Å²) in [5, 5.41) is 4.18. The quantitative estimate of drug-likeness (QED) is 0.446. The summed E-state index contributed by atoms with van der Waals surface area (Å²) in [6.07, 6.45) is 1.07. The van der Waals surface area contributed by atoms with Crippen molar-refractivity contribution < 1.29 is 9.53 Å². The topological polar surface area (TPSA) is 54.1 Å². The van der Waals surface area contributed by atoms with Crippen molar-refractivity contribution in [1.82, 2.24) is 4.98 Å². The van der Waals surface area contributed by atoms with Gasteiger partial charge in [-0.1, -0.05) is 36.4 Å². The van der Waals surface area contributed by atoms with Crippen LogP contribution in [-0.2, 0) is 11.2 Å². The van der Waals surface area contributed by atoms with Crippen molar-refractivity contribution in [3.8, 4) is 17.0 Å². The first-order chi connectivity index (χ1) is 14.2. The number of benzene rings is 3. The normalized spacial score (nSPS) is 10.8. The van der Waals surface area contributed by atoms with Gasteiger partial charge < -0.3 is 15.0 Å². The van der Waals surface area contributed by atoms with Crippen LogP contribution in [0, 0.1) is 6.92 Å². The molecule has 0 saturated heterocycles. The number of anilines is 1. The molecule has 4 rings (SSSR count). The second-order valence-electron chi connectivity index (χ2n) is 7.12. The molecular formula is C25H24N2O2. The summed E-state index contributed by atoms with van der Waals surface area (Å²) < 4.78 is 5.28. The van der Waals surface area contributed by atoms with Gasteiger partial charge >= 0.3 is 0 Å². The first kappa shape index (κ1) is 18.8. The molecule has 0 saturated carbocycles. The molecule has 146 valence electrons. The molecule has 4 aromatic rings. The maximum Gasteiger partial charge on any atom is 0.224 e. The summed E-state index contributed by atoms with van der Waals surface area (Å²) >= 11 is 0. The van der Waals surface area contributed by atoms with Gasteiger partial charge in [-0.05, 0) is 66.4 Å². The largest absolute Gasteiger partial charge is 0.497 e. The van der Waals surface area contributed by atoms with Crippen molar-refractivity contribution in [2.75, 3.05) is 12.4 Å². The lowest BCUT2D eigenvalue weighted by atomic mass is 10.0. The van der Waals surface area contributed by atoms with E-state index in [4.69, 9.17) is 4.74 Å². The molecule has 0 bridgehead atoms. The van der Waals surface area contributed by atoms with Crippen LogP contribution >= 0.6 is 0 Å². The number of amides is 1. The molecule has 0 spiro atoms. The maximum atomic E-state index is 12.6. The predicted molar refractivity (Wildman–Crippen MR) is 118 cm³/mol. The number of carbonyl (C=O) groups excluding carboxylic acids is 1. The van der Waals surface area contributed by atoms with Crippen LogP contribution in [0.1, 0.15) is 17.5 Å². The number of aromatic amines is 1. The molecule has 1 aromatic heterocycles. The van der Waals surface area contributed by atoms with E-state index >= 15 is 0 Å². The number of aromatic nitrogens is 1. The lowest BCUT2D eigenvalue weighted by Gasteiger charge is -2.09. The van der Waals surface area contributed by atoms with Gasteiger partial charge in [-0.2, -0.15) is 0 Å². The highest BCUT2D eigenvalue weighted by Crippen LogP contribution is 2.32. The second-order valence-corrected chi connectivity index (χ2v) is 7.12. The van der Waals surface area contributed by atoms with Crippen LogP contribution in [0.3, 0.4) is 0 Å². The number of rotatable bonds is 6. The van der Waals surface area contributed by atoms with Gasteiger partial charge in [0.1, 0.15) is 5.75 Å². The Kier molecular flexibility index (Phi) is 5.34. The van der Waals surface area contributed by atoms with E-state index in [1.54, 1.807) is 7.11 Å². The Bertz CT molecular complexity index is 1140. The molecule has 0 unspecified atom stereocenters. The zero-order chi connectivity index (χ0) is 20.2. The minimum atomic E-state index is 0.0188. The van der Waals surface area contributed by atoms with Gasteiger partial charge in [0.2, 0.25) is 5.91 Å². The Morgan fingerprint density at radius 3 is 2.45 bits per heavy atom. The number of H-pyrrole nitrogens is 1. The van der Waals surface area contributed by atoms with Crippen molar-refractivity contribution in [3.63, 3.8) is 0 Å². The third kappa shape index (κ3) is 4.02. The summed E-state index contributed by atoms with van der Waals surface area (Å²) in [7, 11) is 1.66. The maximum absolute atomic E-state index is 12.6. The Morgan fingerprint density at radius 1 is 0.966 bits per heavy atom. The van der Waals surface area contributed by atoms with Gasteiger partial charge in [-0.25, -0.2) is 0 Å². The average Bonchev–Trinajstić information content (AvgIpc) is 3.12. The number of nitrogens with one attached hydrogen (secondary N) is 2. The number of aryl methyl sites for hydroxylation is 2. The van der Waals surface area contributed by atoms with E-state index in [9.17, 15) is 4.79 Å². The number of methoxy groups -OCH3 is 1. The molecule has 4 nitrogen and oxygen atoms in total. The molecule has 0 fully saturated rings. The summed E-state index contributed by atoms with van der Waals surface area (Å²) in [5.74, 6) is 0.842. The van der Waals surface area contributed by atoms with Gasteiger partial charge in [0.05, 0.1) is 7.11 Å². The molecule has 0 aliphatic carbocycles. The van der Waals surface area contributed by atoms with E-state index in [1.807, 2.05) is 67.6 Å². The number of fused-ring (bicyclic) bond motifs is 1. The van der Waals surface area contributed by atoms with Crippen LogP contribution in [0.5, 0.6) is 5.75 Å². The van der Waals surface area contributed by atoms with E-state index in [2.05, 4.69) is 22.4 Å². The Hall–Kier alpha value is -3.53. The third-order valence-corrected chi connectivity index (χ3v) is 5.21. The van der Waals surface area contributed by atoms with Gasteiger partial charge in [-0.15, -0.1) is 0 Å². The molecule has 0 radical (unpaired) electrons. The minimum Gasteiger partial charge on any atom is -0.497 e. The Balaban J connectivity index is 1.60. The zero-order valence-corrected chi connectivity index (χ0v) is 16.7. The van der Waals surface area contributed by atoms with Crippen molar-refractivity contribution in [2.24, 2.45) is 0 Å². The van der Waals surface area contributed by atoms with E-state index < -0.39 is 0 Å². The number of hydrogen-bond donors (Lipinski definition) is 2. The number of para-hydroxylation sites is 2. The van der Waals surface area contributed by atoms with Crippen LogP contribution < -0.4 is 10.1 Å². The van der Waals surface area contributed by atoms with E-state index in [0.717, 1.165) is 44.7 Å². The number of ether oxygens (including phenoxy) is 1. The van der Waals surface area contributed by atoms with Gasteiger partial charge in [-0.3, -0.25) is 4.79 Å². The highest BCUT2D eigenvalue weighted by molar-refractivity contribution is 5.94. The summed E-state index contributed by atoms with van der Waals surface area (Å²) in [5.41, 5.74) is 6.30. The van der Waals surface area contributed by atoms with Crippen molar-refractivity contribution >= 4 is 22.5 Å². The van der Waals surface area contributed by atoms with Crippen molar-refractivity contribution in [1.29, 1.82) is 0 Å². The van der Waals surface area contributed by atoms with Crippen LogP contribution in [0.4, 0.5) is 5.69 Å². The summed E-state index contributed by atoms with van der Waals surface area (Å²) in [6, 6.07) is 24.1. The first-order valence-corrected chi connectivity index (χ1v) is 9.75. The lowest BCUT2D eigenvalue weighted by molar-refractivity contribution is -0.116. The Morgan fingerprint density at radius 2 is 1.69 bits per heavy atom. The third-order valence-electron chi connectivity index (χ3n) is 5.21. The lowest BCUT2D eigenvalue weighted by Crippen LogP contribution is -2.13. The number of carbonyl (C=O) groups is 1. The van der Waals surface area contributed by atoms with Crippen molar-refractivity contribution in [2.45, 2.75) is 19.8 Å². The van der Waals surface area contributed by atoms with E-state index in [-0.39, 0.29) is 5.91 Å². The smallest absolute Gasteiger partial charge is 0.224 e. The Labute approximate surface area is 170 Å². The van der Waals surface area contributed by atoms with Crippen molar-refractivity contribution in [3.05, 3.63) is 83.9 Å². The second kappa shape index (κ2) is 8.23. The summed E-state index contributed by atoms with van der Waals surface area (Å²) in [6.45, 7) is 2.00. The van der Waals surface area contributed by atoms with Gasteiger partial charge in [0.15, 0.2) is 0 Å². The fourth-order valence-corrected chi connectivity index (χ4v) is 3.63. The molecule has 4 heteroatoms. The minimum absolute atomic E-state index is 0.0188. The first-order valence-electron chi connectivity index (χ1n) is 9.75. The van der Waals surface area contributed by atoms with Crippen LogP contribution in [0.2, 0.25) is 0 Å². The number of hydrogen-bond acceptors (Lipinski definition) is 2. The fourth-order valence-electron chi connectivity index (χ4n) is 3.63. The molecule has 2 N–H and O–H groups in total. The van der Waals surface area contributed by atoms with Crippen LogP contribution in [0.15, 0.2) is 72.8 Å². The molecule has 1 amide bonds. The highest BCUT2D eigenvalue weighted by atomic mass is 16.5. The van der Waals surface area contributed by atoms with Gasteiger partial charge in [0, 0.05) is 28.7 Å². The van der Waals surface area contributed by atoms with Gasteiger partial charge in [0.25, 0.3) is 0 Å².